The van der Waals surface area contributed by atoms with E-state index in [1.54, 1.807) is 25.1 Å². The molecule has 0 saturated heterocycles. The number of ether oxygens (including phenoxy) is 2. The minimum absolute atomic E-state index is 0.0709. The van der Waals surface area contributed by atoms with Crippen LogP contribution in [0.4, 0.5) is 13.2 Å². The first-order valence-corrected chi connectivity index (χ1v) is 7.81. The first kappa shape index (κ1) is 18.1. The summed E-state index contributed by atoms with van der Waals surface area (Å²) in [6.45, 7) is 1.80. The molecule has 0 saturated carbocycles. The van der Waals surface area contributed by atoms with Crippen LogP contribution in [0.25, 0.3) is 0 Å². The minimum Gasteiger partial charge on any atom is -0.493 e. The summed E-state index contributed by atoms with van der Waals surface area (Å²) in [7, 11) is 2.96. The number of methoxy groups -OCH3 is 2. The molecule has 1 aromatic carbocycles. The van der Waals surface area contributed by atoms with Crippen LogP contribution in [-0.4, -0.2) is 41.1 Å². The fourth-order valence-electron chi connectivity index (χ4n) is 1.82. The molecule has 0 bridgehead atoms. The van der Waals surface area contributed by atoms with Crippen LogP contribution in [0.15, 0.2) is 28.5 Å². The standard InChI is InChI=1S/C14H15F3N4O2S/c1-4-24-13-20-19-12(14(15,16)17)21(13)18-8-9-5-6-10(22-2)11(7-9)23-3/h5-8H,4H2,1-3H3/b18-8+. The van der Waals surface area contributed by atoms with Crippen LogP contribution in [0.5, 0.6) is 11.5 Å². The van der Waals surface area contributed by atoms with Gasteiger partial charge in [0.15, 0.2) is 11.5 Å². The Balaban J connectivity index is 2.39. The van der Waals surface area contributed by atoms with E-state index in [2.05, 4.69) is 15.3 Å². The molecule has 0 radical (unpaired) electrons. The average molecular weight is 360 g/mol. The van der Waals surface area contributed by atoms with Crippen molar-refractivity contribution in [3.8, 4) is 11.5 Å². The van der Waals surface area contributed by atoms with E-state index < -0.39 is 12.0 Å². The highest BCUT2D eigenvalue weighted by atomic mass is 32.2. The predicted octanol–water partition coefficient (Wildman–Crippen LogP) is 3.31. The molecule has 0 aliphatic rings. The van der Waals surface area contributed by atoms with E-state index in [-0.39, 0.29) is 5.16 Å². The molecule has 130 valence electrons. The lowest BCUT2D eigenvalue weighted by Crippen LogP contribution is -2.13. The number of hydrogen-bond acceptors (Lipinski definition) is 6. The molecule has 10 heteroatoms. The van der Waals surface area contributed by atoms with Crippen molar-refractivity contribution in [2.24, 2.45) is 5.10 Å². The fourth-order valence-corrected chi connectivity index (χ4v) is 2.44. The third-order valence-corrected chi connectivity index (χ3v) is 3.67. The number of nitrogens with zero attached hydrogens (tertiary/aromatic N) is 4. The number of thioether (sulfide) groups is 1. The Bertz CT molecular complexity index is 731. The molecular weight excluding hydrogens is 345 g/mol. The molecule has 6 nitrogen and oxygen atoms in total. The number of halogens is 3. The van der Waals surface area contributed by atoms with Crippen molar-refractivity contribution in [1.82, 2.24) is 14.9 Å². The zero-order chi connectivity index (χ0) is 17.7. The van der Waals surface area contributed by atoms with Crippen molar-refractivity contribution in [3.63, 3.8) is 0 Å². The number of hydrogen-bond donors (Lipinski definition) is 0. The molecule has 24 heavy (non-hydrogen) atoms. The van der Waals surface area contributed by atoms with Crippen LogP contribution in [0, 0.1) is 0 Å². The van der Waals surface area contributed by atoms with Gasteiger partial charge in [0.25, 0.3) is 5.82 Å². The van der Waals surface area contributed by atoms with E-state index in [4.69, 9.17) is 9.47 Å². The quantitative estimate of drug-likeness (QED) is 0.584. The van der Waals surface area contributed by atoms with E-state index in [1.807, 2.05) is 0 Å². The molecule has 0 fully saturated rings. The lowest BCUT2D eigenvalue weighted by atomic mass is 10.2. The van der Waals surface area contributed by atoms with Crippen LogP contribution >= 0.6 is 11.8 Å². The Morgan fingerprint density at radius 1 is 1.21 bits per heavy atom. The second kappa shape index (κ2) is 7.56. The highest BCUT2D eigenvalue weighted by Gasteiger charge is 2.38. The summed E-state index contributed by atoms with van der Waals surface area (Å²) in [6, 6.07) is 4.89. The van der Waals surface area contributed by atoms with Crippen molar-refractivity contribution < 1.29 is 22.6 Å². The maximum absolute atomic E-state index is 13.0. The van der Waals surface area contributed by atoms with Gasteiger partial charge in [-0.15, -0.1) is 10.2 Å². The highest BCUT2D eigenvalue weighted by molar-refractivity contribution is 7.99. The van der Waals surface area contributed by atoms with Crippen molar-refractivity contribution in [2.45, 2.75) is 18.3 Å². The molecule has 2 aromatic rings. The number of alkyl halides is 3. The second-order valence-corrected chi connectivity index (χ2v) is 5.64. The van der Waals surface area contributed by atoms with E-state index >= 15 is 0 Å². The van der Waals surface area contributed by atoms with Crippen molar-refractivity contribution in [1.29, 1.82) is 0 Å². The molecule has 0 aliphatic heterocycles. The van der Waals surface area contributed by atoms with Crippen LogP contribution in [-0.2, 0) is 6.18 Å². The first-order valence-electron chi connectivity index (χ1n) is 6.82. The normalized spacial score (nSPS) is 11.9. The summed E-state index contributed by atoms with van der Waals surface area (Å²) in [6.07, 6.45) is -3.37. The lowest BCUT2D eigenvalue weighted by Gasteiger charge is -2.08. The molecule has 2 rings (SSSR count). The molecule has 0 spiro atoms. The van der Waals surface area contributed by atoms with Crippen LogP contribution in [0.1, 0.15) is 18.3 Å². The minimum atomic E-state index is -4.64. The van der Waals surface area contributed by atoms with Gasteiger partial charge in [0, 0.05) is 0 Å². The molecular formula is C14H15F3N4O2S. The summed E-state index contributed by atoms with van der Waals surface area (Å²) in [5.74, 6) is 0.332. The van der Waals surface area contributed by atoms with Gasteiger partial charge in [-0.25, -0.2) is 0 Å². The smallest absolute Gasteiger partial charge is 0.453 e. The zero-order valence-electron chi connectivity index (χ0n) is 13.2. The van der Waals surface area contributed by atoms with E-state index in [0.29, 0.717) is 27.5 Å². The average Bonchev–Trinajstić information content (AvgIpc) is 2.96. The zero-order valence-corrected chi connectivity index (χ0v) is 14.0. The number of benzene rings is 1. The summed E-state index contributed by atoms with van der Waals surface area (Å²) in [4.78, 5) is 0. The van der Waals surface area contributed by atoms with Gasteiger partial charge >= 0.3 is 6.18 Å². The topological polar surface area (TPSA) is 61.5 Å². The molecule has 0 amide bonds. The maximum Gasteiger partial charge on any atom is 0.453 e. The number of rotatable bonds is 6. The Morgan fingerprint density at radius 2 is 1.92 bits per heavy atom. The largest absolute Gasteiger partial charge is 0.493 e. The van der Waals surface area contributed by atoms with Gasteiger partial charge in [-0.1, -0.05) is 18.7 Å². The van der Waals surface area contributed by atoms with Gasteiger partial charge < -0.3 is 9.47 Å². The summed E-state index contributed by atoms with van der Waals surface area (Å²) >= 11 is 1.12. The van der Waals surface area contributed by atoms with Gasteiger partial charge in [0.05, 0.1) is 20.4 Å². The molecule has 0 aliphatic carbocycles. The van der Waals surface area contributed by atoms with Crippen molar-refractivity contribution in [3.05, 3.63) is 29.6 Å². The Kier molecular flexibility index (Phi) is 5.71. The van der Waals surface area contributed by atoms with Crippen molar-refractivity contribution in [2.75, 3.05) is 20.0 Å². The van der Waals surface area contributed by atoms with Gasteiger partial charge in [0.2, 0.25) is 5.16 Å². The van der Waals surface area contributed by atoms with Gasteiger partial charge in [-0.3, -0.25) is 0 Å². The number of aromatic nitrogens is 3. The summed E-state index contributed by atoms with van der Waals surface area (Å²) in [5.41, 5.74) is 0.543. The molecule has 0 atom stereocenters. The van der Waals surface area contributed by atoms with Gasteiger partial charge in [-0.05, 0) is 29.5 Å². The van der Waals surface area contributed by atoms with Crippen molar-refractivity contribution >= 4 is 18.0 Å². The summed E-state index contributed by atoms with van der Waals surface area (Å²) in [5, 5.41) is 10.7. The summed E-state index contributed by atoms with van der Waals surface area (Å²) < 4.78 is 50.0. The van der Waals surface area contributed by atoms with Gasteiger partial charge in [0.1, 0.15) is 0 Å². The Labute approximate surface area is 140 Å². The van der Waals surface area contributed by atoms with E-state index in [1.165, 1.54) is 20.4 Å². The van der Waals surface area contributed by atoms with E-state index in [0.717, 1.165) is 11.8 Å². The highest BCUT2D eigenvalue weighted by Crippen LogP contribution is 2.31. The molecule has 1 heterocycles. The second-order valence-electron chi connectivity index (χ2n) is 4.41. The molecule has 0 unspecified atom stereocenters. The first-order chi connectivity index (χ1) is 11.4. The molecule has 1 aromatic heterocycles. The lowest BCUT2D eigenvalue weighted by molar-refractivity contribution is -0.147. The van der Waals surface area contributed by atoms with Crippen LogP contribution in [0.3, 0.4) is 0 Å². The Hall–Kier alpha value is -2.23. The third kappa shape index (κ3) is 3.99. The predicted molar refractivity (Wildman–Crippen MR) is 84.0 cm³/mol. The SMILES string of the molecule is CCSc1nnc(C(F)(F)F)n1/N=C/c1ccc(OC)c(OC)c1. The van der Waals surface area contributed by atoms with Gasteiger partial charge in [-0.2, -0.15) is 22.9 Å². The van der Waals surface area contributed by atoms with E-state index in [9.17, 15) is 13.2 Å². The maximum atomic E-state index is 13.0. The monoisotopic (exact) mass is 360 g/mol. The fraction of sp³-hybridized carbons (Fsp3) is 0.357. The molecule has 0 N–H and O–H groups in total. The third-order valence-electron chi connectivity index (χ3n) is 2.87. The Morgan fingerprint density at radius 3 is 2.50 bits per heavy atom. The van der Waals surface area contributed by atoms with Crippen LogP contribution < -0.4 is 9.47 Å². The van der Waals surface area contributed by atoms with Crippen LogP contribution in [0.2, 0.25) is 0 Å².